The molecular weight excluding hydrogens is 373 g/mol. The van der Waals surface area contributed by atoms with E-state index in [1.807, 2.05) is 0 Å². The van der Waals surface area contributed by atoms with Gasteiger partial charge < -0.3 is 14.7 Å². The maximum absolute atomic E-state index is 13.2. The zero-order valence-electron chi connectivity index (χ0n) is 13.5. The number of fused-ring (bicyclic) bond motifs is 1. The highest BCUT2D eigenvalue weighted by Crippen LogP contribution is 2.40. The van der Waals surface area contributed by atoms with Gasteiger partial charge in [0.1, 0.15) is 11.6 Å². The van der Waals surface area contributed by atoms with Crippen LogP contribution < -0.4 is 4.74 Å². The molecule has 0 radical (unpaired) electrons. The third-order valence-corrected chi connectivity index (χ3v) is 4.47. The van der Waals surface area contributed by atoms with Crippen molar-refractivity contribution in [1.29, 1.82) is 0 Å². The topological polar surface area (TPSA) is 62.1 Å². The minimum absolute atomic E-state index is 0.0109. The van der Waals surface area contributed by atoms with Crippen molar-refractivity contribution in [3.8, 4) is 5.75 Å². The zero-order chi connectivity index (χ0) is 19.1. The zero-order valence-corrected chi connectivity index (χ0v) is 14.3. The molecule has 26 heavy (non-hydrogen) atoms. The summed E-state index contributed by atoms with van der Waals surface area (Å²) in [7, 11) is 1.49. The lowest BCUT2D eigenvalue weighted by Crippen LogP contribution is -2.42. The minimum Gasteiger partial charge on any atom is -0.497 e. The van der Waals surface area contributed by atoms with Gasteiger partial charge in [0.25, 0.3) is 0 Å². The number of hydrogen-bond acceptors (Lipinski definition) is 4. The number of hydrogen-bond donors (Lipinski definition) is 1. The van der Waals surface area contributed by atoms with Gasteiger partial charge in [0.15, 0.2) is 6.04 Å². The first-order valence-corrected chi connectivity index (χ1v) is 7.98. The van der Waals surface area contributed by atoms with Crippen LogP contribution in [0.3, 0.4) is 0 Å². The summed E-state index contributed by atoms with van der Waals surface area (Å²) in [6, 6.07) is 4.92. The SMILES string of the molecule is COc1ccc(C2CC(C(=O)O)N=C3C(Cl)=CC(C(F)(F)F)=CN32)cc1. The van der Waals surface area contributed by atoms with Crippen molar-refractivity contribution in [2.45, 2.75) is 24.7 Å². The Morgan fingerprint density at radius 3 is 2.54 bits per heavy atom. The molecule has 0 amide bonds. The second-order valence-corrected chi connectivity index (χ2v) is 6.22. The van der Waals surface area contributed by atoms with Gasteiger partial charge in [0.2, 0.25) is 0 Å². The molecule has 2 heterocycles. The summed E-state index contributed by atoms with van der Waals surface area (Å²) < 4.78 is 44.6. The smallest absolute Gasteiger partial charge is 0.417 e. The highest BCUT2D eigenvalue weighted by molar-refractivity contribution is 6.43. The lowest BCUT2D eigenvalue weighted by molar-refractivity contribution is -0.139. The van der Waals surface area contributed by atoms with E-state index in [1.165, 1.54) is 12.0 Å². The van der Waals surface area contributed by atoms with Gasteiger partial charge >= 0.3 is 12.1 Å². The average Bonchev–Trinajstić information content (AvgIpc) is 2.60. The van der Waals surface area contributed by atoms with E-state index in [1.54, 1.807) is 24.3 Å². The molecule has 0 bridgehead atoms. The van der Waals surface area contributed by atoms with E-state index in [-0.39, 0.29) is 17.3 Å². The lowest BCUT2D eigenvalue weighted by Gasteiger charge is -2.39. The number of benzene rings is 1. The molecule has 0 saturated heterocycles. The second kappa shape index (κ2) is 6.68. The van der Waals surface area contributed by atoms with Gasteiger partial charge in [0.05, 0.1) is 23.8 Å². The Kier molecular flexibility index (Phi) is 4.70. The summed E-state index contributed by atoms with van der Waals surface area (Å²) in [6.45, 7) is 0. The predicted octanol–water partition coefficient (Wildman–Crippen LogP) is 3.88. The molecular formula is C17H14ClF3N2O3. The summed E-state index contributed by atoms with van der Waals surface area (Å²) in [4.78, 5) is 16.7. The molecule has 0 aromatic heterocycles. The minimum atomic E-state index is -4.58. The van der Waals surface area contributed by atoms with Gasteiger partial charge in [-0.15, -0.1) is 0 Å². The fraction of sp³-hybridized carbons (Fsp3) is 0.294. The van der Waals surface area contributed by atoms with Crippen LogP contribution in [0.4, 0.5) is 13.2 Å². The maximum Gasteiger partial charge on any atom is 0.417 e. The molecule has 9 heteroatoms. The van der Waals surface area contributed by atoms with Crippen LogP contribution in [0.2, 0.25) is 0 Å². The number of rotatable bonds is 3. The third kappa shape index (κ3) is 3.41. The largest absolute Gasteiger partial charge is 0.497 e. The van der Waals surface area contributed by atoms with E-state index in [2.05, 4.69) is 4.99 Å². The standard InChI is InChI=1S/C17H14ClF3N2O3/c1-26-11-4-2-9(3-5-11)14-7-13(16(24)25)22-15-12(18)6-10(8-23(14)15)17(19,20)21/h2-6,8,13-14H,7H2,1H3,(H,24,25). The van der Waals surface area contributed by atoms with Gasteiger partial charge in [-0.25, -0.2) is 4.79 Å². The first kappa shape index (κ1) is 18.3. The molecule has 0 aliphatic carbocycles. The summed E-state index contributed by atoms with van der Waals surface area (Å²) in [5.41, 5.74) is -0.290. The number of nitrogens with zero attached hydrogens (tertiary/aromatic N) is 2. The van der Waals surface area contributed by atoms with Crippen molar-refractivity contribution in [2.24, 2.45) is 4.99 Å². The Balaban J connectivity index is 2.08. The summed E-state index contributed by atoms with van der Waals surface area (Å²) in [5, 5.41) is 9.09. The first-order chi connectivity index (χ1) is 12.2. The van der Waals surface area contributed by atoms with Crippen LogP contribution in [-0.4, -0.2) is 41.1 Å². The van der Waals surface area contributed by atoms with E-state index >= 15 is 0 Å². The molecule has 1 aromatic rings. The molecule has 1 aromatic carbocycles. The monoisotopic (exact) mass is 386 g/mol. The van der Waals surface area contributed by atoms with Crippen LogP contribution in [0.15, 0.2) is 52.1 Å². The Bertz CT molecular complexity index is 816. The fourth-order valence-corrected chi connectivity index (χ4v) is 3.16. The number of ether oxygens (including phenoxy) is 1. The number of aliphatic imine (C=N–C) groups is 1. The number of alkyl halides is 3. The van der Waals surface area contributed by atoms with Crippen molar-refractivity contribution >= 4 is 23.4 Å². The average molecular weight is 387 g/mol. The van der Waals surface area contributed by atoms with Crippen molar-refractivity contribution in [2.75, 3.05) is 7.11 Å². The molecule has 5 nitrogen and oxygen atoms in total. The summed E-state index contributed by atoms with van der Waals surface area (Å²) in [5.74, 6) is -0.568. The Hall–Kier alpha value is -2.48. The molecule has 2 aliphatic heterocycles. The van der Waals surface area contributed by atoms with Crippen molar-refractivity contribution in [1.82, 2.24) is 4.90 Å². The van der Waals surface area contributed by atoms with Crippen molar-refractivity contribution < 1.29 is 27.8 Å². The van der Waals surface area contributed by atoms with Crippen LogP contribution in [0.5, 0.6) is 5.75 Å². The van der Waals surface area contributed by atoms with Crippen LogP contribution in [-0.2, 0) is 4.79 Å². The Morgan fingerprint density at radius 2 is 2.00 bits per heavy atom. The van der Waals surface area contributed by atoms with Crippen LogP contribution in [0.1, 0.15) is 18.0 Å². The van der Waals surface area contributed by atoms with Gasteiger partial charge in [-0.3, -0.25) is 4.99 Å². The van der Waals surface area contributed by atoms with E-state index < -0.39 is 29.8 Å². The third-order valence-electron chi connectivity index (χ3n) is 4.19. The van der Waals surface area contributed by atoms with Crippen LogP contribution >= 0.6 is 11.6 Å². The molecule has 3 rings (SSSR count). The highest BCUT2D eigenvalue weighted by Gasteiger charge is 2.41. The molecule has 1 N–H and O–H groups in total. The highest BCUT2D eigenvalue weighted by atomic mass is 35.5. The quantitative estimate of drug-likeness (QED) is 0.856. The first-order valence-electron chi connectivity index (χ1n) is 7.60. The molecule has 0 fully saturated rings. The van der Waals surface area contributed by atoms with Crippen LogP contribution in [0, 0.1) is 0 Å². The molecule has 0 saturated carbocycles. The summed E-state index contributed by atoms with van der Waals surface area (Å²) >= 11 is 6.00. The summed E-state index contributed by atoms with van der Waals surface area (Å²) in [6.07, 6.45) is -2.90. The van der Waals surface area contributed by atoms with E-state index in [0.29, 0.717) is 11.3 Å². The number of amidine groups is 1. The number of methoxy groups -OCH3 is 1. The Morgan fingerprint density at radius 1 is 1.35 bits per heavy atom. The second-order valence-electron chi connectivity index (χ2n) is 5.81. The van der Waals surface area contributed by atoms with Crippen LogP contribution in [0.25, 0.3) is 0 Å². The molecule has 138 valence electrons. The molecule has 2 unspecified atom stereocenters. The normalized spacial score (nSPS) is 22.8. The van der Waals surface area contributed by atoms with Gasteiger partial charge in [-0.1, -0.05) is 23.7 Å². The van der Waals surface area contributed by atoms with E-state index in [4.69, 9.17) is 16.3 Å². The number of allylic oxidation sites excluding steroid dienone is 2. The number of carbonyl (C=O) groups is 1. The van der Waals surface area contributed by atoms with Gasteiger partial charge in [-0.05, 0) is 23.8 Å². The molecule has 2 aliphatic rings. The van der Waals surface area contributed by atoms with Gasteiger partial charge in [0, 0.05) is 12.6 Å². The number of halogens is 4. The number of carboxylic acids is 1. The molecule has 2 atom stereocenters. The van der Waals surface area contributed by atoms with Crippen molar-refractivity contribution in [3.63, 3.8) is 0 Å². The van der Waals surface area contributed by atoms with Crippen molar-refractivity contribution in [3.05, 3.63) is 52.7 Å². The molecule has 0 spiro atoms. The predicted molar refractivity (Wildman–Crippen MR) is 89.1 cm³/mol. The number of carboxylic acid groups (broad SMARTS) is 1. The van der Waals surface area contributed by atoms with E-state index in [9.17, 15) is 23.1 Å². The fourth-order valence-electron chi connectivity index (χ4n) is 2.90. The number of aliphatic carboxylic acids is 1. The lowest BCUT2D eigenvalue weighted by atomic mass is 9.94. The van der Waals surface area contributed by atoms with Gasteiger partial charge in [-0.2, -0.15) is 13.2 Å². The maximum atomic E-state index is 13.2. The Labute approximate surface area is 152 Å². The van der Waals surface area contributed by atoms with E-state index in [0.717, 1.165) is 12.3 Å².